The van der Waals surface area contributed by atoms with Crippen LogP contribution in [0.4, 0.5) is 4.79 Å². The monoisotopic (exact) mass is 402 g/mol. The quantitative estimate of drug-likeness (QED) is 0.634. The minimum atomic E-state index is -0.976. The van der Waals surface area contributed by atoms with Gasteiger partial charge >= 0.3 is 12.1 Å². The molecule has 156 valence electrons. The lowest BCUT2D eigenvalue weighted by molar-refractivity contribution is -0.587. The van der Waals surface area contributed by atoms with Gasteiger partial charge < -0.3 is 19.3 Å². The van der Waals surface area contributed by atoms with Gasteiger partial charge in [-0.25, -0.2) is 10.1 Å². The van der Waals surface area contributed by atoms with Crippen LogP contribution in [-0.4, -0.2) is 36.5 Å². The number of hydrogen-bond acceptors (Lipinski definition) is 5. The second kappa shape index (κ2) is 11.2. The maximum atomic E-state index is 11.9. The molecule has 2 rings (SSSR count). The van der Waals surface area contributed by atoms with E-state index in [1.165, 1.54) is 5.32 Å². The molecule has 0 saturated heterocycles. The molecule has 1 atom stereocenters. The SMILES string of the molecule is COc1ccc(COC(=O)[NH2+]Cc2ccc(CC(OC(C)C)C(=O)O)cc2)cc1. The summed E-state index contributed by atoms with van der Waals surface area (Å²) in [7, 11) is 1.60. The second-order valence-electron chi connectivity index (χ2n) is 6.90. The molecule has 0 aliphatic rings. The molecule has 1 unspecified atom stereocenters. The van der Waals surface area contributed by atoms with Crippen LogP contribution >= 0.6 is 0 Å². The fraction of sp³-hybridized carbons (Fsp3) is 0.364. The van der Waals surface area contributed by atoms with Gasteiger partial charge in [-0.1, -0.05) is 36.4 Å². The Morgan fingerprint density at radius 2 is 1.55 bits per heavy atom. The number of rotatable bonds is 10. The third-order valence-corrected chi connectivity index (χ3v) is 4.20. The Morgan fingerprint density at radius 1 is 0.966 bits per heavy atom. The zero-order chi connectivity index (χ0) is 21.2. The summed E-state index contributed by atoms with van der Waals surface area (Å²) < 4.78 is 15.8. The van der Waals surface area contributed by atoms with E-state index in [2.05, 4.69) is 0 Å². The van der Waals surface area contributed by atoms with Crippen LogP contribution < -0.4 is 10.1 Å². The lowest BCUT2D eigenvalue weighted by atomic mass is 10.1. The molecule has 1 amide bonds. The summed E-state index contributed by atoms with van der Waals surface area (Å²) in [5, 5.41) is 10.7. The normalized spacial score (nSPS) is 11.9. The molecule has 0 radical (unpaired) electrons. The van der Waals surface area contributed by atoms with Crippen molar-refractivity contribution < 1.29 is 34.2 Å². The fourth-order valence-electron chi connectivity index (χ4n) is 2.68. The van der Waals surface area contributed by atoms with Gasteiger partial charge in [0.25, 0.3) is 0 Å². The lowest BCUT2D eigenvalue weighted by Gasteiger charge is -2.16. The molecule has 3 N–H and O–H groups in total. The highest BCUT2D eigenvalue weighted by molar-refractivity contribution is 5.72. The Bertz CT molecular complexity index is 786. The van der Waals surface area contributed by atoms with Crippen molar-refractivity contribution in [1.29, 1.82) is 0 Å². The van der Waals surface area contributed by atoms with E-state index in [4.69, 9.17) is 14.2 Å². The highest BCUT2D eigenvalue weighted by atomic mass is 16.5. The fourth-order valence-corrected chi connectivity index (χ4v) is 2.68. The van der Waals surface area contributed by atoms with Gasteiger partial charge in [0.15, 0.2) is 6.10 Å². The first-order valence-electron chi connectivity index (χ1n) is 9.46. The van der Waals surface area contributed by atoms with Crippen molar-refractivity contribution in [2.24, 2.45) is 0 Å². The molecule has 2 aromatic carbocycles. The van der Waals surface area contributed by atoms with Gasteiger partial charge in [-0.15, -0.1) is 0 Å². The molecule has 0 aliphatic heterocycles. The maximum Gasteiger partial charge on any atom is 0.513 e. The summed E-state index contributed by atoms with van der Waals surface area (Å²) in [6.07, 6.45) is -1.13. The van der Waals surface area contributed by atoms with Crippen LogP contribution in [0.3, 0.4) is 0 Å². The summed E-state index contributed by atoms with van der Waals surface area (Å²) in [5.74, 6) is -0.226. The Kier molecular flexibility index (Phi) is 8.64. The Balaban J connectivity index is 1.78. The van der Waals surface area contributed by atoms with Crippen LogP contribution in [0, 0.1) is 0 Å². The zero-order valence-corrected chi connectivity index (χ0v) is 17.0. The number of hydrogen-bond donors (Lipinski definition) is 2. The van der Waals surface area contributed by atoms with Crippen molar-refractivity contribution in [3.63, 3.8) is 0 Å². The smallest absolute Gasteiger partial charge is 0.497 e. The first kappa shape index (κ1) is 22.4. The van der Waals surface area contributed by atoms with Gasteiger partial charge in [-0.05, 0) is 37.1 Å². The Morgan fingerprint density at radius 3 is 2.10 bits per heavy atom. The van der Waals surface area contributed by atoms with Crippen molar-refractivity contribution in [3.05, 3.63) is 65.2 Å². The first-order chi connectivity index (χ1) is 13.9. The third-order valence-electron chi connectivity index (χ3n) is 4.20. The molecule has 2 aromatic rings. The van der Waals surface area contributed by atoms with Crippen molar-refractivity contribution in [2.45, 2.75) is 45.6 Å². The average Bonchev–Trinajstić information content (AvgIpc) is 2.71. The number of carbonyl (C=O) groups is 2. The van der Waals surface area contributed by atoms with Gasteiger partial charge in [0, 0.05) is 12.0 Å². The molecular weight excluding hydrogens is 374 g/mol. The second-order valence-corrected chi connectivity index (χ2v) is 6.90. The van der Waals surface area contributed by atoms with Crippen LogP contribution in [0.1, 0.15) is 30.5 Å². The summed E-state index contributed by atoms with van der Waals surface area (Å²) in [6, 6.07) is 14.8. The predicted octanol–water partition coefficient (Wildman–Crippen LogP) is 2.52. The minimum absolute atomic E-state index is 0.158. The molecule has 0 saturated carbocycles. The molecule has 0 aliphatic carbocycles. The van der Waals surface area contributed by atoms with Crippen LogP contribution in [-0.2, 0) is 33.8 Å². The summed E-state index contributed by atoms with van der Waals surface area (Å²) in [6.45, 7) is 4.25. The lowest BCUT2D eigenvalue weighted by Crippen LogP contribution is -2.86. The molecule has 7 nitrogen and oxygen atoms in total. The molecule has 0 aromatic heterocycles. The van der Waals surface area contributed by atoms with Gasteiger partial charge in [-0.3, -0.25) is 0 Å². The predicted molar refractivity (Wildman–Crippen MR) is 107 cm³/mol. The van der Waals surface area contributed by atoms with E-state index < -0.39 is 12.1 Å². The number of benzene rings is 2. The van der Waals surface area contributed by atoms with Crippen LogP contribution in [0.15, 0.2) is 48.5 Å². The molecule has 0 fully saturated rings. The Hall–Kier alpha value is -2.90. The van der Waals surface area contributed by atoms with Crippen molar-refractivity contribution in [1.82, 2.24) is 0 Å². The number of carboxylic acid groups (broad SMARTS) is 1. The van der Waals surface area contributed by atoms with Crippen LogP contribution in [0.2, 0.25) is 0 Å². The zero-order valence-electron chi connectivity index (χ0n) is 17.0. The van der Waals surface area contributed by atoms with Crippen LogP contribution in [0.5, 0.6) is 5.75 Å². The van der Waals surface area contributed by atoms with E-state index in [1.54, 1.807) is 7.11 Å². The van der Waals surface area contributed by atoms with E-state index in [9.17, 15) is 14.7 Å². The van der Waals surface area contributed by atoms with E-state index in [0.29, 0.717) is 13.0 Å². The molecule has 7 heteroatoms. The number of carbonyl (C=O) groups excluding carboxylic acids is 1. The van der Waals surface area contributed by atoms with Gasteiger partial charge in [0.05, 0.1) is 13.2 Å². The van der Waals surface area contributed by atoms with Gasteiger partial charge in [0.1, 0.15) is 18.9 Å². The summed E-state index contributed by atoms with van der Waals surface area (Å²) in [4.78, 5) is 23.2. The van der Waals surface area contributed by atoms with Gasteiger partial charge in [-0.2, -0.15) is 4.79 Å². The third kappa shape index (κ3) is 7.93. The molecule has 0 spiro atoms. The Labute approximate surface area is 170 Å². The van der Waals surface area contributed by atoms with Crippen molar-refractivity contribution in [2.75, 3.05) is 7.11 Å². The van der Waals surface area contributed by atoms with E-state index in [0.717, 1.165) is 22.4 Å². The average molecular weight is 402 g/mol. The van der Waals surface area contributed by atoms with Gasteiger partial charge in [0.2, 0.25) is 0 Å². The molecule has 0 heterocycles. The number of aliphatic carboxylic acids is 1. The molecule has 29 heavy (non-hydrogen) atoms. The van der Waals surface area contributed by atoms with E-state index >= 15 is 0 Å². The van der Waals surface area contributed by atoms with E-state index in [-0.39, 0.29) is 18.8 Å². The topological polar surface area (TPSA) is 98.7 Å². The van der Waals surface area contributed by atoms with Crippen molar-refractivity contribution in [3.8, 4) is 5.75 Å². The summed E-state index contributed by atoms with van der Waals surface area (Å²) in [5.41, 5.74) is 2.68. The number of primary amides is 1. The maximum absolute atomic E-state index is 11.9. The summed E-state index contributed by atoms with van der Waals surface area (Å²) >= 11 is 0. The largest absolute Gasteiger partial charge is 0.513 e. The van der Waals surface area contributed by atoms with E-state index in [1.807, 2.05) is 62.4 Å². The number of ether oxygens (including phenoxy) is 3. The van der Waals surface area contributed by atoms with Crippen LogP contribution in [0.25, 0.3) is 0 Å². The molecular formula is C22H28NO6+. The number of amides is 1. The molecule has 0 bridgehead atoms. The highest BCUT2D eigenvalue weighted by Gasteiger charge is 2.20. The number of methoxy groups -OCH3 is 1. The number of nitrogens with two attached hydrogens (primary N) is 1. The van der Waals surface area contributed by atoms with Crippen molar-refractivity contribution >= 4 is 12.1 Å². The standard InChI is InChI=1S/C22H27NO6/c1-15(2)29-20(21(24)25)12-16-4-6-17(7-5-16)13-23-22(26)28-14-18-8-10-19(27-3)11-9-18/h4-11,15,20H,12-14H2,1-3H3,(H,23,26)(H,24,25)/p+1. The number of carboxylic acids is 1. The number of quaternary nitrogens is 1. The highest BCUT2D eigenvalue weighted by Crippen LogP contribution is 2.12. The minimum Gasteiger partial charge on any atom is -0.497 e. The first-order valence-corrected chi connectivity index (χ1v) is 9.46.